The number of piperazine rings is 1. The van der Waals surface area contributed by atoms with E-state index < -0.39 is 0 Å². The molecule has 2 aromatic rings. The fourth-order valence-electron chi connectivity index (χ4n) is 3.48. The Hall–Kier alpha value is -2.73. The number of anilines is 2. The number of ether oxygens (including phenoxy) is 1. The first-order chi connectivity index (χ1) is 14.4. The summed E-state index contributed by atoms with van der Waals surface area (Å²) in [5.74, 6) is 0.594. The lowest BCUT2D eigenvalue weighted by molar-refractivity contribution is -0.131. The molecule has 2 amide bonds. The smallest absolute Gasteiger partial charge is 0.255 e. The summed E-state index contributed by atoms with van der Waals surface area (Å²) in [5.41, 5.74) is 2.06. The van der Waals surface area contributed by atoms with Gasteiger partial charge >= 0.3 is 0 Å². The first-order valence-corrected chi connectivity index (χ1v) is 10.7. The van der Waals surface area contributed by atoms with Crippen LogP contribution in [0.2, 0.25) is 5.02 Å². The highest BCUT2D eigenvalue weighted by atomic mass is 35.5. The van der Waals surface area contributed by atoms with Gasteiger partial charge in [-0.2, -0.15) is 0 Å². The van der Waals surface area contributed by atoms with Crippen molar-refractivity contribution in [3.63, 3.8) is 0 Å². The van der Waals surface area contributed by atoms with E-state index in [-0.39, 0.29) is 17.9 Å². The number of halogens is 1. The Balaban J connectivity index is 1.76. The topological polar surface area (TPSA) is 61.9 Å². The summed E-state index contributed by atoms with van der Waals surface area (Å²) in [6, 6.07) is 12.6. The highest BCUT2D eigenvalue weighted by Crippen LogP contribution is 2.31. The maximum absolute atomic E-state index is 12.9. The van der Waals surface area contributed by atoms with Crippen LogP contribution in [0.3, 0.4) is 0 Å². The number of carbonyl (C=O) groups excluding carboxylic acids is 2. The van der Waals surface area contributed by atoms with Crippen LogP contribution in [0.25, 0.3) is 0 Å². The molecule has 1 aliphatic rings. The number of nitrogens with zero attached hydrogens (tertiary/aromatic N) is 2. The molecule has 2 aromatic carbocycles. The highest BCUT2D eigenvalue weighted by Gasteiger charge is 2.22. The van der Waals surface area contributed by atoms with Gasteiger partial charge in [0.25, 0.3) is 5.91 Å². The summed E-state index contributed by atoms with van der Waals surface area (Å²) in [6.45, 7) is 8.50. The standard InChI is InChI=1S/C23H28ClN3O3/c1-4-22(28)27-12-10-26(11-13-27)21-9-8-18(24)15-20(21)25-23(29)17-6-5-7-19(14-17)30-16(2)3/h5-9,14-16H,4,10-13H2,1-3H3,(H,25,29). The molecule has 0 radical (unpaired) electrons. The van der Waals surface area contributed by atoms with Crippen molar-refractivity contribution in [2.45, 2.75) is 33.3 Å². The summed E-state index contributed by atoms with van der Waals surface area (Å²) >= 11 is 6.21. The average Bonchev–Trinajstić information content (AvgIpc) is 2.73. The zero-order valence-corrected chi connectivity index (χ0v) is 18.4. The Kier molecular flexibility index (Phi) is 7.21. The quantitative estimate of drug-likeness (QED) is 0.737. The van der Waals surface area contributed by atoms with E-state index in [1.165, 1.54) is 0 Å². The van der Waals surface area contributed by atoms with E-state index in [1.54, 1.807) is 24.3 Å². The van der Waals surface area contributed by atoms with Crippen LogP contribution in [0.15, 0.2) is 42.5 Å². The van der Waals surface area contributed by atoms with Gasteiger partial charge in [0.1, 0.15) is 5.75 Å². The van der Waals surface area contributed by atoms with Crippen LogP contribution in [0, 0.1) is 0 Å². The van der Waals surface area contributed by atoms with Crippen molar-refractivity contribution < 1.29 is 14.3 Å². The molecule has 1 fully saturated rings. The predicted octanol–water partition coefficient (Wildman–Crippen LogP) is 4.44. The molecule has 1 aliphatic heterocycles. The van der Waals surface area contributed by atoms with Crippen LogP contribution in [0.5, 0.6) is 5.75 Å². The number of hydrogen-bond acceptors (Lipinski definition) is 4. The van der Waals surface area contributed by atoms with Gasteiger partial charge in [0, 0.05) is 43.2 Å². The molecule has 0 aliphatic carbocycles. The number of nitrogens with one attached hydrogen (secondary N) is 1. The minimum atomic E-state index is -0.229. The molecule has 0 spiro atoms. The Morgan fingerprint density at radius 1 is 1.10 bits per heavy atom. The van der Waals surface area contributed by atoms with E-state index in [4.69, 9.17) is 16.3 Å². The van der Waals surface area contributed by atoms with Crippen LogP contribution in [-0.4, -0.2) is 49.0 Å². The number of amides is 2. The molecule has 6 nitrogen and oxygen atoms in total. The van der Waals surface area contributed by atoms with E-state index >= 15 is 0 Å². The molecule has 1 heterocycles. The van der Waals surface area contributed by atoms with Crippen molar-refractivity contribution in [3.8, 4) is 5.75 Å². The van der Waals surface area contributed by atoms with Gasteiger partial charge in [-0.15, -0.1) is 0 Å². The van der Waals surface area contributed by atoms with E-state index in [0.29, 0.717) is 54.6 Å². The first-order valence-electron chi connectivity index (χ1n) is 10.3. The third-order valence-corrected chi connectivity index (χ3v) is 5.19. The van der Waals surface area contributed by atoms with E-state index in [9.17, 15) is 9.59 Å². The highest BCUT2D eigenvalue weighted by molar-refractivity contribution is 6.31. The van der Waals surface area contributed by atoms with Crippen molar-refractivity contribution in [1.29, 1.82) is 0 Å². The lowest BCUT2D eigenvalue weighted by atomic mass is 10.1. The SMILES string of the molecule is CCC(=O)N1CCN(c2ccc(Cl)cc2NC(=O)c2cccc(OC(C)C)c2)CC1. The molecule has 0 saturated carbocycles. The van der Waals surface area contributed by atoms with Crippen molar-refractivity contribution in [2.75, 3.05) is 36.4 Å². The second-order valence-corrected chi connectivity index (χ2v) is 7.97. The Morgan fingerprint density at radius 3 is 2.50 bits per heavy atom. The lowest BCUT2D eigenvalue weighted by Gasteiger charge is -2.37. The summed E-state index contributed by atoms with van der Waals surface area (Å²) in [4.78, 5) is 28.9. The molecule has 1 N–H and O–H groups in total. The van der Waals surface area contributed by atoms with Gasteiger partial charge in [-0.05, 0) is 50.2 Å². The van der Waals surface area contributed by atoms with Crippen molar-refractivity contribution in [3.05, 3.63) is 53.1 Å². The number of carbonyl (C=O) groups is 2. The molecule has 1 saturated heterocycles. The van der Waals surface area contributed by atoms with Gasteiger partial charge in [-0.1, -0.05) is 24.6 Å². The maximum Gasteiger partial charge on any atom is 0.255 e. The first kappa shape index (κ1) is 22.0. The fourth-order valence-corrected chi connectivity index (χ4v) is 3.65. The minimum Gasteiger partial charge on any atom is -0.491 e. The van der Waals surface area contributed by atoms with Crippen molar-refractivity contribution in [1.82, 2.24) is 4.90 Å². The Labute approximate surface area is 182 Å². The molecule has 160 valence electrons. The number of rotatable bonds is 6. The molecule has 30 heavy (non-hydrogen) atoms. The third kappa shape index (κ3) is 5.45. The van der Waals surface area contributed by atoms with E-state index in [2.05, 4.69) is 10.2 Å². The maximum atomic E-state index is 12.9. The van der Waals surface area contributed by atoms with E-state index in [0.717, 1.165) is 5.69 Å². The predicted molar refractivity (Wildman–Crippen MR) is 121 cm³/mol. The molecule has 0 aromatic heterocycles. The zero-order chi connectivity index (χ0) is 21.7. The molecule has 0 bridgehead atoms. The van der Waals surface area contributed by atoms with Crippen LogP contribution < -0.4 is 15.0 Å². The molecule has 0 atom stereocenters. The zero-order valence-electron chi connectivity index (χ0n) is 17.7. The monoisotopic (exact) mass is 429 g/mol. The third-order valence-electron chi connectivity index (χ3n) is 4.95. The van der Waals surface area contributed by atoms with Gasteiger partial charge < -0.3 is 19.9 Å². The van der Waals surface area contributed by atoms with Crippen LogP contribution in [0.4, 0.5) is 11.4 Å². The van der Waals surface area contributed by atoms with Crippen LogP contribution in [0.1, 0.15) is 37.6 Å². The van der Waals surface area contributed by atoms with Gasteiger partial charge in [-0.25, -0.2) is 0 Å². The normalized spacial score (nSPS) is 14.0. The summed E-state index contributed by atoms with van der Waals surface area (Å²) in [5, 5.41) is 3.54. The van der Waals surface area contributed by atoms with Crippen LogP contribution >= 0.6 is 11.6 Å². The largest absolute Gasteiger partial charge is 0.491 e. The lowest BCUT2D eigenvalue weighted by Crippen LogP contribution is -2.48. The summed E-state index contributed by atoms with van der Waals surface area (Å²) < 4.78 is 5.69. The Morgan fingerprint density at radius 2 is 1.83 bits per heavy atom. The van der Waals surface area contributed by atoms with Gasteiger partial charge in [0.05, 0.1) is 17.5 Å². The second-order valence-electron chi connectivity index (χ2n) is 7.53. The van der Waals surface area contributed by atoms with Gasteiger partial charge in [0.15, 0.2) is 0 Å². The molecular formula is C23H28ClN3O3. The molecule has 7 heteroatoms. The van der Waals surface area contributed by atoms with Gasteiger partial charge in [0.2, 0.25) is 5.91 Å². The fraction of sp³-hybridized carbons (Fsp3) is 0.391. The van der Waals surface area contributed by atoms with Gasteiger partial charge in [-0.3, -0.25) is 9.59 Å². The molecular weight excluding hydrogens is 402 g/mol. The van der Waals surface area contributed by atoms with Crippen LogP contribution in [-0.2, 0) is 4.79 Å². The summed E-state index contributed by atoms with van der Waals surface area (Å²) in [6.07, 6.45) is 0.545. The Bertz CT molecular complexity index is 908. The average molecular weight is 430 g/mol. The van der Waals surface area contributed by atoms with Crippen molar-refractivity contribution >= 4 is 34.8 Å². The number of hydrogen-bond donors (Lipinski definition) is 1. The molecule has 3 rings (SSSR count). The summed E-state index contributed by atoms with van der Waals surface area (Å²) in [7, 11) is 0. The number of benzene rings is 2. The van der Waals surface area contributed by atoms with Crippen molar-refractivity contribution in [2.24, 2.45) is 0 Å². The second kappa shape index (κ2) is 9.85. The minimum absolute atomic E-state index is 0.0288. The van der Waals surface area contributed by atoms with E-state index in [1.807, 2.05) is 43.9 Å². The molecule has 0 unspecified atom stereocenters.